The van der Waals surface area contributed by atoms with E-state index in [-0.39, 0.29) is 5.92 Å². The van der Waals surface area contributed by atoms with Crippen LogP contribution in [0, 0.1) is 11.6 Å². The third-order valence-corrected chi connectivity index (χ3v) is 6.80. The largest absolute Gasteiger partial charge is 0.345 e. The van der Waals surface area contributed by atoms with E-state index < -0.39 is 32.6 Å². The highest BCUT2D eigenvalue weighted by Gasteiger charge is 2.33. The first kappa shape index (κ1) is 18.1. The van der Waals surface area contributed by atoms with Crippen molar-refractivity contribution in [2.24, 2.45) is 0 Å². The summed E-state index contributed by atoms with van der Waals surface area (Å²) in [7, 11) is -4.18. The van der Waals surface area contributed by atoms with Crippen LogP contribution in [0.1, 0.15) is 31.0 Å². The first-order valence-electron chi connectivity index (χ1n) is 9.07. The minimum atomic E-state index is -4.18. The molecule has 1 aliphatic carbocycles. The molecule has 150 valence electrons. The minimum Gasteiger partial charge on any atom is -0.345 e. The molecular formula is C18H16F2N6O2S. The summed E-state index contributed by atoms with van der Waals surface area (Å²) in [5.74, 6) is -1.10. The fourth-order valence-electron chi connectivity index (χ4n) is 3.95. The molecule has 2 atom stereocenters. The lowest BCUT2D eigenvalue weighted by Crippen LogP contribution is -2.33. The van der Waals surface area contributed by atoms with Gasteiger partial charge in [-0.2, -0.15) is 0 Å². The zero-order valence-corrected chi connectivity index (χ0v) is 15.8. The van der Waals surface area contributed by atoms with E-state index in [0.717, 1.165) is 23.5 Å². The van der Waals surface area contributed by atoms with Crippen molar-refractivity contribution in [1.29, 1.82) is 0 Å². The number of sulfonamides is 1. The van der Waals surface area contributed by atoms with E-state index in [1.807, 2.05) is 10.5 Å². The predicted molar refractivity (Wildman–Crippen MR) is 99.7 cm³/mol. The zero-order chi connectivity index (χ0) is 20.2. The van der Waals surface area contributed by atoms with Gasteiger partial charge in [-0.1, -0.05) is 0 Å². The molecule has 1 aromatic carbocycles. The summed E-state index contributed by atoms with van der Waals surface area (Å²) in [6.07, 6.45) is 5.12. The van der Waals surface area contributed by atoms with Crippen LogP contribution in [0.15, 0.2) is 41.6 Å². The van der Waals surface area contributed by atoms with Crippen LogP contribution in [-0.2, 0) is 10.0 Å². The van der Waals surface area contributed by atoms with E-state index >= 15 is 0 Å². The summed E-state index contributed by atoms with van der Waals surface area (Å²) in [6, 6.07) is 3.84. The van der Waals surface area contributed by atoms with Gasteiger partial charge in [-0.3, -0.25) is 4.40 Å². The average Bonchev–Trinajstić information content (AvgIpc) is 3.40. The second-order valence-corrected chi connectivity index (χ2v) is 8.81. The van der Waals surface area contributed by atoms with Crippen LogP contribution >= 0.6 is 0 Å². The lowest BCUT2D eigenvalue weighted by atomic mass is 10.1. The van der Waals surface area contributed by atoms with Crippen molar-refractivity contribution in [3.63, 3.8) is 0 Å². The molecule has 4 aromatic rings. The maximum Gasteiger partial charge on any atom is 0.243 e. The highest BCUT2D eigenvalue weighted by molar-refractivity contribution is 7.89. The summed E-state index contributed by atoms with van der Waals surface area (Å²) in [4.78, 5) is 6.64. The molecule has 0 unspecified atom stereocenters. The topological polar surface area (TPSA) is 105 Å². The number of aromatic nitrogens is 5. The predicted octanol–water partition coefficient (Wildman–Crippen LogP) is 2.50. The summed E-state index contributed by atoms with van der Waals surface area (Å²) in [5.41, 5.74) is 2.15. The summed E-state index contributed by atoms with van der Waals surface area (Å²) >= 11 is 0. The summed E-state index contributed by atoms with van der Waals surface area (Å²) in [5, 5.41) is 8.46. The number of H-pyrrole nitrogens is 1. The Hall–Kier alpha value is -2.92. The second-order valence-electron chi connectivity index (χ2n) is 7.12. The zero-order valence-electron chi connectivity index (χ0n) is 15.0. The second kappa shape index (κ2) is 6.56. The monoisotopic (exact) mass is 418 g/mol. The highest BCUT2D eigenvalue weighted by atomic mass is 32.2. The molecule has 0 amide bonds. The molecule has 2 N–H and O–H groups in total. The van der Waals surface area contributed by atoms with Crippen molar-refractivity contribution in [2.45, 2.75) is 36.1 Å². The maximum atomic E-state index is 13.9. The van der Waals surface area contributed by atoms with Crippen LogP contribution in [0.3, 0.4) is 0 Å². The normalized spacial score (nSPS) is 20.1. The van der Waals surface area contributed by atoms with Gasteiger partial charge < -0.3 is 4.98 Å². The fourth-order valence-corrected chi connectivity index (χ4v) is 5.32. The standard InChI is InChI=1S/C18H16F2N6O2S/c19-11-2-4-13(20)15(8-11)29(27,28)25-12-3-1-10(7-12)18-24-23-16-9-22-17-14(26(16)18)5-6-21-17/h2,4-6,8-10,12,21,25H,1,3,7H2/t10-,12+/m1/s1. The van der Waals surface area contributed by atoms with Crippen molar-refractivity contribution >= 4 is 26.8 Å². The Morgan fingerprint density at radius 1 is 1.17 bits per heavy atom. The van der Waals surface area contributed by atoms with Gasteiger partial charge in [-0.25, -0.2) is 26.9 Å². The Labute approximate surface area is 164 Å². The molecule has 1 fully saturated rings. The van der Waals surface area contributed by atoms with Gasteiger partial charge in [0.15, 0.2) is 11.3 Å². The molecule has 0 radical (unpaired) electrons. The first-order chi connectivity index (χ1) is 13.9. The maximum absolute atomic E-state index is 13.9. The van der Waals surface area contributed by atoms with Gasteiger partial charge in [0.1, 0.15) is 22.4 Å². The van der Waals surface area contributed by atoms with Crippen LogP contribution in [0.25, 0.3) is 16.8 Å². The molecule has 3 aromatic heterocycles. The van der Waals surface area contributed by atoms with E-state index in [1.165, 1.54) is 0 Å². The number of aromatic amines is 1. The number of rotatable bonds is 4. The van der Waals surface area contributed by atoms with Gasteiger partial charge in [0, 0.05) is 18.2 Å². The molecule has 8 nitrogen and oxygen atoms in total. The lowest BCUT2D eigenvalue weighted by molar-refractivity contribution is 0.527. The van der Waals surface area contributed by atoms with Gasteiger partial charge in [0.05, 0.1) is 11.7 Å². The van der Waals surface area contributed by atoms with Crippen LogP contribution < -0.4 is 4.72 Å². The number of benzene rings is 1. The summed E-state index contributed by atoms with van der Waals surface area (Å²) in [6.45, 7) is 0. The number of hydrogen-bond acceptors (Lipinski definition) is 5. The van der Waals surface area contributed by atoms with Crippen LogP contribution in [-0.4, -0.2) is 39.0 Å². The molecule has 0 bridgehead atoms. The smallest absolute Gasteiger partial charge is 0.243 e. The first-order valence-corrected chi connectivity index (χ1v) is 10.6. The molecule has 0 spiro atoms. The minimum absolute atomic E-state index is 0.0319. The molecule has 1 saturated carbocycles. The van der Waals surface area contributed by atoms with Crippen molar-refractivity contribution in [3.8, 4) is 0 Å². The van der Waals surface area contributed by atoms with E-state index in [9.17, 15) is 17.2 Å². The lowest BCUT2D eigenvalue weighted by Gasteiger charge is -2.14. The van der Waals surface area contributed by atoms with Gasteiger partial charge in [-0.15, -0.1) is 10.2 Å². The quantitative estimate of drug-likeness (QED) is 0.530. The third-order valence-electron chi connectivity index (χ3n) is 5.27. The number of halogens is 2. The summed E-state index contributed by atoms with van der Waals surface area (Å²) < 4.78 is 56.8. The van der Waals surface area contributed by atoms with Gasteiger partial charge in [0.2, 0.25) is 10.0 Å². The van der Waals surface area contributed by atoms with Crippen molar-refractivity contribution in [3.05, 3.63) is 54.1 Å². The van der Waals surface area contributed by atoms with Crippen molar-refractivity contribution in [1.82, 2.24) is 29.3 Å². The van der Waals surface area contributed by atoms with E-state index in [2.05, 4.69) is 24.9 Å². The Bertz CT molecular complexity index is 1330. The van der Waals surface area contributed by atoms with Gasteiger partial charge >= 0.3 is 0 Å². The molecule has 5 rings (SSSR count). The van der Waals surface area contributed by atoms with E-state index in [1.54, 1.807) is 12.4 Å². The van der Waals surface area contributed by atoms with Crippen LogP contribution in [0.4, 0.5) is 8.78 Å². The number of nitrogens with one attached hydrogen (secondary N) is 2. The van der Waals surface area contributed by atoms with Gasteiger partial charge in [-0.05, 0) is 43.5 Å². The van der Waals surface area contributed by atoms with E-state index in [4.69, 9.17) is 0 Å². The third kappa shape index (κ3) is 3.06. The Balaban J connectivity index is 1.41. The van der Waals surface area contributed by atoms with Crippen LogP contribution in [0.5, 0.6) is 0 Å². The Morgan fingerprint density at radius 3 is 2.90 bits per heavy atom. The molecule has 0 aliphatic heterocycles. The Kier molecular flexibility index (Phi) is 4.10. The highest BCUT2D eigenvalue weighted by Crippen LogP contribution is 2.35. The molecule has 11 heteroatoms. The molecule has 29 heavy (non-hydrogen) atoms. The fraction of sp³-hybridized carbons (Fsp3) is 0.278. The van der Waals surface area contributed by atoms with Crippen molar-refractivity contribution in [2.75, 3.05) is 0 Å². The molecule has 1 aliphatic rings. The number of hydrogen-bond donors (Lipinski definition) is 2. The Morgan fingerprint density at radius 2 is 2.03 bits per heavy atom. The molecule has 0 saturated heterocycles. The average molecular weight is 418 g/mol. The number of fused-ring (bicyclic) bond motifs is 3. The SMILES string of the molecule is O=S(=O)(N[C@H]1CC[C@@H](c2nnc3cnc4[nH]ccc4n23)C1)c1cc(F)ccc1F. The van der Waals surface area contributed by atoms with Gasteiger partial charge in [0.25, 0.3) is 0 Å². The van der Waals surface area contributed by atoms with Crippen LogP contribution in [0.2, 0.25) is 0 Å². The molecule has 3 heterocycles. The molecular weight excluding hydrogens is 402 g/mol. The van der Waals surface area contributed by atoms with Crippen molar-refractivity contribution < 1.29 is 17.2 Å². The number of nitrogens with zero attached hydrogens (tertiary/aromatic N) is 4. The van der Waals surface area contributed by atoms with E-state index in [0.29, 0.717) is 36.6 Å².